The summed E-state index contributed by atoms with van der Waals surface area (Å²) in [6, 6.07) is 19.1. The third kappa shape index (κ3) is 3.19. The van der Waals surface area contributed by atoms with Crippen LogP contribution in [-0.2, 0) is 0 Å². The Morgan fingerprint density at radius 3 is 2.58 bits per heavy atom. The Kier molecular flexibility index (Phi) is 4.19. The number of hydrogen-bond donors (Lipinski definition) is 1. The zero-order valence-electron chi connectivity index (χ0n) is 14.3. The number of rotatable bonds is 4. The van der Waals surface area contributed by atoms with Gasteiger partial charge in [0.2, 0.25) is 0 Å². The zero-order valence-corrected chi connectivity index (χ0v) is 14.3. The van der Waals surface area contributed by atoms with Crippen molar-refractivity contribution in [2.24, 2.45) is 0 Å². The Labute approximate surface area is 151 Å². The van der Waals surface area contributed by atoms with Gasteiger partial charge in [-0.3, -0.25) is 9.78 Å². The molecule has 5 heteroatoms. The van der Waals surface area contributed by atoms with Crippen molar-refractivity contribution < 1.29 is 4.79 Å². The van der Waals surface area contributed by atoms with E-state index in [0.29, 0.717) is 5.56 Å². The van der Waals surface area contributed by atoms with Gasteiger partial charge in [-0.15, -0.1) is 0 Å². The van der Waals surface area contributed by atoms with Gasteiger partial charge in [0.05, 0.1) is 23.0 Å². The topological polar surface area (TPSA) is 59.3 Å². The molecule has 0 spiro atoms. The van der Waals surface area contributed by atoms with Gasteiger partial charge >= 0.3 is 0 Å². The summed E-state index contributed by atoms with van der Waals surface area (Å²) in [7, 11) is 0. The SMILES string of the molecule is CC(NC(=O)c1ccc2nc(-c3ccccc3)cn2c1)c1ccccn1. The van der Waals surface area contributed by atoms with Crippen molar-refractivity contribution in [1.82, 2.24) is 19.7 Å². The maximum absolute atomic E-state index is 12.6. The summed E-state index contributed by atoms with van der Waals surface area (Å²) < 4.78 is 1.88. The summed E-state index contributed by atoms with van der Waals surface area (Å²) in [5.41, 5.74) is 4.14. The first-order chi connectivity index (χ1) is 12.7. The van der Waals surface area contributed by atoms with Crippen LogP contribution in [0.1, 0.15) is 29.0 Å². The molecule has 1 aromatic carbocycles. The molecule has 0 radical (unpaired) electrons. The molecule has 3 heterocycles. The maximum Gasteiger partial charge on any atom is 0.253 e. The normalized spacial score (nSPS) is 12.0. The van der Waals surface area contributed by atoms with Crippen molar-refractivity contribution in [3.8, 4) is 11.3 Å². The molecule has 1 atom stereocenters. The van der Waals surface area contributed by atoms with Gasteiger partial charge in [0.25, 0.3) is 5.91 Å². The number of amides is 1. The summed E-state index contributed by atoms with van der Waals surface area (Å²) in [6.45, 7) is 1.92. The van der Waals surface area contributed by atoms with Gasteiger partial charge in [0.15, 0.2) is 0 Å². The van der Waals surface area contributed by atoms with Gasteiger partial charge in [-0.1, -0.05) is 36.4 Å². The predicted molar refractivity (Wildman–Crippen MR) is 101 cm³/mol. The monoisotopic (exact) mass is 342 g/mol. The Morgan fingerprint density at radius 1 is 1.00 bits per heavy atom. The number of nitrogens with one attached hydrogen (secondary N) is 1. The first-order valence-corrected chi connectivity index (χ1v) is 8.47. The number of benzene rings is 1. The molecule has 4 rings (SSSR count). The van der Waals surface area contributed by atoms with Crippen LogP contribution in [0.5, 0.6) is 0 Å². The molecular formula is C21H18N4O. The van der Waals surface area contributed by atoms with Crippen LogP contribution in [0.3, 0.4) is 0 Å². The molecule has 3 aromatic heterocycles. The molecule has 0 aliphatic heterocycles. The second-order valence-electron chi connectivity index (χ2n) is 6.13. The summed E-state index contributed by atoms with van der Waals surface area (Å²) in [5, 5.41) is 2.98. The molecule has 0 fully saturated rings. The highest BCUT2D eigenvalue weighted by atomic mass is 16.1. The number of nitrogens with zero attached hydrogens (tertiary/aromatic N) is 3. The second-order valence-corrected chi connectivity index (χ2v) is 6.13. The third-order valence-corrected chi connectivity index (χ3v) is 4.26. The first kappa shape index (κ1) is 16.0. The summed E-state index contributed by atoms with van der Waals surface area (Å²) in [4.78, 5) is 21.5. The Morgan fingerprint density at radius 2 is 1.81 bits per heavy atom. The number of fused-ring (bicyclic) bond motifs is 1. The number of pyridine rings is 2. The van der Waals surface area contributed by atoms with Crippen LogP contribution in [0.15, 0.2) is 79.3 Å². The molecule has 0 aliphatic carbocycles. The lowest BCUT2D eigenvalue weighted by Crippen LogP contribution is -2.27. The van der Waals surface area contributed by atoms with E-state index in [2.05, 4.69) is 15.3 Å². The molecule has 1 amide bonds. The molecule has 0 saturated heterocycles. The van der Waals surface area contributed by atoms with Gasteiger partial charge in [0, 0.05) is 24.2 Å². The highest BCUT2D eigenvalue weighted by Gasteiger charge is 2.13. The lowest BCUT2D eigenvalue weighted by atomic mass is 10.2. The van der Waals surface area contributed by atoms with Gasteiger partial charge in [0.1, 0.15) is 5.65 Å². The van der Waals surface area contributed by atoms with E-state index in [1.807, 2.05) is 72.1 Å². The molecule has 1 unspecified atom stereocenters. The highest BCUT2D eigenvalue weighted by Crippen LogP contribution is 2.19. The standard InChI is InChI=1S/C21H18N4O/c1-15(18-9-5-6-12-22-18)23-21(26)17-10-11-20-24-19(14-25(20)13-17)16-7-3-2-4-8-16/h2-15H,1H3,(H,23,26). The maximum atomic E-state index is 12.6. The van der Waals surface area contributed by atoms with E-state index in [1.54, 1.807) is 18.5 Å². The average molecular weight is 342 g/mol. The molecule has 1 N–H and O–H groups in total. The lowest BCUT2D eigenvalue weighted by molar-refractivity contribution is 0.0938. The van der Waals surface area contributed by atoms with Crippen LogP contribution >= 0.6 is 0 Å². The largest absolute Gasteiger partial charge is 0.344 e. The molecule has 5 nitrogen and oxygen atoms in total. The van der Waals surface area contributed by atoms with E-state index in [4.69, 9.17) is 0 Å². The van der Waals surface area contributed by atoms with Gasteiger partial charge < -0.3 is 9.72 Å². The minimum Gasteiger partial charge on any atom is -0.344 e. The fourth-order valence-corrected chi connectivity index (χ4v) is 2.86. The fraction of sp³-hybridized carbons (Fsp3) is 0.0952. The predicted octanol–water partition coefficient (Wildman–Crippen LogP) is 3.89. The number of carbonyl (C=O) groups is 1. The number of carbonyl (C=O) groups excluding carboxylic acids is 1. The third-order valence-electron chi connectivity index (χ3n) is 4.26. The Balaban J connectivity index is 1.58. The fourth-order valence-electron chi connectivity index (χ4n) is 2.86. The van der Waals surface area contributed by atoms with Crippen LogP contribution in [0, 0.1) is 0 Å². The first-order valence-electron chi connectivity index (χ1n) is 8.47. The van der Waals surface area contributed by atoms with Crippen LogP contribution < -0.4 is 5.32 Å². The number of hydrogen-bond acceptors (Lipinski definition) is 3. The molecule has 0 saturated carbocycles. The highest BCUT2D eigenvalue weighted by molar-refractivity contribution is 5.94. The van der Waals surface area contributed by atoms with E-state index in [0.717, 1.165) is 22.6 Å². The van der Waals surface area contributed by atoms with Gasteiger partial charge in [-0.25, -0.2) is 4.98 Å². The van der Waals surface area contributed by atoms with E-state index in [-0.39, 0.29) is 11.9 Å². The van der Waals surface area contributed by atoms with Gasteiger partial charge in [-0.2, -0.15) is 0 Å². The van der Waals surface area contributed by atoms with Crippen molar-refractivity contribution in [2.75, 3.05) is 0 Å². The van der Waals surface area contributed by atoms with E-state index in [9.17, 15) is 4.79 Å². The van der Waals surface area contributed by atoms with Crippen molar-refractivity contribution in [3.05, 3.63) is 90.5 Å². The van der Waals surface area contributed by atoms with Crippen LogP contribution in [0.25, 0.3) is 16.9 Å². The van der Waals surface area contributed by atoms with E-state index >= 15 is 0 Å². The zero-order chi connectivity index (χ0) is 17.9. The summed E-state index contributed by atoms with van der Waals surface area (Å²) in [6.07, 6.45) is 5.46. The van der Waals surface area contributed by atoms with Crippen molar-refractivity contribution in [3.63, 3.8) is 0 Å². The number of imidazole rings is 1. The van der Waals surface area contributed by atoms with Crippen molar-refractivity contribution >= 4 is 11.6 Å². The van der Waals surface area contributed by atoms with Gasteiger partial charge in [-0.05, 0) is 31.2 Å². The Hall–Kier alpha value is -3.47. The minimum absolute atomic E-state index is 0.139. The van der Waals surface area contributed by atoms with Crippen molar-refractivity contribution in [2.45, 2.75) is 13.0 Å². The summed E-state index contributed by atoms with van der Waals surface area (Å²) >= 11 is 0. The van der Waals surface area contributed by atoms with Crippen LogP contribution in [-0.4, -0.2) is 20.3 Å². The van der Waals surface area contributed by atoms with Crippen LogP contribution in [0.4, 0.5) is 0 Å². The van der Waals surface area contributed by atoms with Crippen LogP contribution in [0.2, 0.25) is 0 Å². The lowest BCUT2D eigenvalue weighted by Gasteiger charge is -2.13. The molecular weight excluding hydrogens is 324 g/mol. The quantitative estimate of drug-likeness (QED) is 0.612. The molecule has 128 valence electrons. The molecule has 4 aromatic rings. The van der Waals surface area contributed by atoms with E-state index < -0.39 is 0 Å². The minimum atomic E-state index is -0.165. The van der Waals surface area contributed by atoms with Crippen molar-refractivity contribution in [1.29, 1.82) is 0 Å². The number of aromatic nitrogens is 3. The smallest absolute Gasteiger partial charge is 0.253 e. The molecule has 0 aliphatic rings. The molecule has 0 bridgehead atoms. The summed E-state index contributed by atoms with van der Waals surface area (Å²) in [5.74, 6) is -0.139. The average Bonchev–Trinajstić information content (AvgIpc) is 3.12. The molecule has 26 heavy (non-hydrogen) atoms. The Bertz CT molecular complexity index is 1040. The second kappa shape index (κ2) is 6.80. The van der Waals surface area contributed by atoms with E-state index in [1.165, 1.54) is 0 Å².